The summed E-state index contributed by atoms with van der Waals surface area (Å²) >= 11 is 3.30. The van der Waals surface area contributed by atoms with Gasteiger partial charge in [-0.2, -0.15) is 0 Å². The summed E-state index contributed by atoms with van der Waals surface area (Å²) in [4.78, 5) is 36.4. The average Bonchev–Trinajstić information content (AvgIpc) is 3.15. The van der Waals surface area contributed by atoms with E-state index in [-0.39, 0.29) is 24.4 Å². The number of carbonyl (C=O) groups excluding carboxylic acids is 2. The standard InChI is InChI=1S/C20H19BrN6O2/c21-16-2-1-3-17(24-16)25-20(29)15-9-11-8-14(11)27(15)18(28)10-26-7-5-12-13(22)4-6-23-19(12)26/h1-7,11,14-15H,8-10H2,(H2,22,23)(H,24,25,29)/t11-,14-,15+/m1/s1. The number of carbonyl (C=O) groups is 2. The van der Waals surface area contributed by atoms with E-state index >= 15 is 0 Å². The van der Waals surface area contributed by atoms with Crippen molar-refractivity contribution in [1.82, 2.24) is 19.4 Å². The van der Waals surface area contributed by atoms with Gasteiger partial charge in [-0.25, -0.2) is 9.97 Å². The van der Waals surface area contributed by atoms with Crippen molar-refractivity contribution in [3.63, 3.8) is 0 Å². The Labute approximate surface area is 175 Å². The third-order valence-corrected chi connectivity index (χ3v) is 6.10. The molecule has 29 heavy (non-hydrogen) atoms. The minimum absolute atomic E-state index is 0.0842. The maximum atomic E-state index is 13.1. The number of hydrogen-bond donors (Lipinski definition) is 2. The first kappa shape index (κ1) is 18.1. The van der Waals surface area contributed by atoms with E-state index in [4.69, 9.17) is 5.73 Å². The van der Waals surface area contributed by atoms with Crippen LogP contribution in [0.1, 0.15) is 12.8 Å². The largest absolute Gasteiger partial charge is 0.398 e. The molecule has 3 N–H and O–H groups in total. The van der Waals surface area contributed by atoms with Crippen LogP contribution in [0.25, 0.3) is 11.0 Å². The first-order valence-electron chi connectivity index (χ1n) is 9.45. The van der Waals surface area contributed by atoms with Crippen molar-refractivity contribution >= 4 is 50.3 Å². The number of nitrogens with zero attached hydrogens (tertiary/aromatic N) is 4. The molecule has 4 heterocycles. The predicted molar refractivity (Wildman–Crippen MR) is 112 cm³/mol. The molecule has 3 aromatic heterocycles. The fourth-order valence-electron chi connectivity index (χ4n) is 4.20. The molecule has 1 aliphatic heterocycles. The monoisotopic (exact) mass is 454 g/mol. The van der Waals surface area contributed by atoms with Crippen LogP contribution < -0.4 is 11.1 Å². The van der Waals surface area contributed by atoms with Gasteiger partial charge in [0.15, 0.2) is 0 Å². The van der Waals surface area contributed by atoms with Gasteiger partial charge in [-0.1, -0.05) is 6.07 Å². The van der Waals surface area contributed by atoms with Gasteiger partial charge in [-0.3, -0.25) is 9.59 Å². The zero-order valence-corrected chi connectivity index (χ0v) is 17.0. The molecule has 0 spiro atoms. The van der Waals surface area contributed by atoms with Crippen molar-refractivity contribution < 1.29 is 9.59 Å². The molecule has 0 radical (unpaired) electrons. The van der Waals surface area contributed by atoms with E-state index in [0.717, 1.165) is 11.8 Å². The number of piperidine rings is 1. The first-order chi connectivity index (χ1) is 14.0. The van der Waals surface area contributed by atoms with Gasteiger partial charge in [0.25, 0.3) is 0 Å². The zero-order valence-electron chi connectivity index (χ0n) is 15.5. The molecule has 2 amide bonds. The second-order valence-electron chi connectivity index (χ2n) is 7.53. The number of anilines is 2. The Kier molecular flexibility index (Phi) is 4.27. The van der Waals surface area contributed by atoms with Crippen LogP contribution >= 0.6 is 15.9 Å². The molecule has 9 heteroatoms. The van der Waals surface area contributed by atoms with Crippen LogP contribution in [0.3, 0.4) is 0 Å². The summed E-state index contributed by atoms with van der Waals surface area (Å²) in [5.41, 5.74) is 7.28. The van der Waals surface area contributed by atoms with Gasteiger partial charge < -0.3 is 20.5 Å². The summed E-state index contributed by atoms with van der Waals surface area (Å²) in [5, 5.41) is 3.66. The van der Waals surface area contributed by atoms with E-state index in [2.05, 4.69) is 31.2 Å². The van der Waals surface area contributed by atoms with Crippen molar-refractivity contribution in [3.05, 3.63) is 47.3 Å². The van der Waals surface area contributed by atoms with Crippen LogP contribution in [0, 0.1) is 5.92 Å². The number of hydrogen-bond acceptors (Lipinski definition) is 5. The van der Waals surface area contributed by atoms with Crippen molar-refractivity contribution in [3.8, 4) is 0 Å². The number of amides is 2. The van der Waals surface area contributed by atoms with Gasteiger partial charge in [0.1, 0.15) is 28.7 Å². The lowest BCUT2D eigenvalue weighted by molar-refractivity contribution is -0.138. The van der Waals surface area contributed by atoms with E-state index in [1.165, 1.54) is 0 Å². The highest BCUT2D eigenvalue weighted by Gasteiger charge is 2.56. The molecule has 0 bridgehead atoms. The summed E-state index contributed by atoms with van der Waals surface area (Å²) in [6.07, 6.45) is 5.09. The van der Waals surface area contributed by atoms with Gasteiger partial charge in [0, 0.05) is 29.5 Å². The smallest absolute Gasteiger partial charge is 0.248 e. The minimum atomic E-state index is -0.480. The predicted octanol–water partition coefficient (Wildman–Crippen LogP) is 2.40. The SMILES string of the molecule is Nc1ccnc2c1ccn2CC(=O)N1[C@@H]2C[C@@H]2C[C@H]1C(=O)Nc1cccc(Br)n1. The van der Waals surface area contributed by atoms with Crippen molar-refractivity contribution in [1.29, 1.82) is 0 Å². The normalized spacial score (nSPS) is 22.5. The maximum absolute atomic E-state index is 13.1. The summed E-state index contributed by atoms with van der Waals surface area (Å²) in [6, 6.07) is 8.58. The van der Waals surface area contributed by atoms with E-state index < -0.39 is 6.04 Å². The molecule has 3 atom stereocenters. The number of nitrogens with one attached hydrogen (secondary N) is 1. The number of nitrogens with two attached hydrogens (primary N) is 1. The van der Waals surface area contributed by atoms with Crippen molar-refractivity contribution in [2.75, 3.05) is 11.1 Å². The molecule has 2 fully saturated rings. The van der Waals surface area contributed by atoms with Gasteiger partial charge in [-0.05, 0) is 59.0 Å². The summed E-state index contributed by atoms with van der Waals surface area (Å²) in [7, 11) is 0. The van der Waals surface area contributed by atoms with Gasteiger partial charge in [0.05, 0.1) is 0 Å². The second-order valence-corrected chi connectivity index (χ2v) is 8.34. The number of nitrogen functional groups attached to an aromatic ring is 1. The Morgan fingerprint density at radius 1 is 1.24 bits per heavy atom. The summed E-state index contributed by atoms with van der Waals surface area (Å²) in [6.45, 7) is 0.127. The lowest BCUT2D eigenvalue weighted by atomic mass is 10.1. The molecule has 2 aliphatic rings. The first-order valence-corrected chi connectivity index (χ1v) is 10.2. The van der Waals surface area contributed by atoms with Crippen LogP contribution in [0.2, 0.25) is 0 Å². The van der Waals surface area contributed by atoms with E-state index in [1.54, 1.807) is 39.9 Å². The number of pyridine rings is 2. The fraction of sp³-hybridized carbons (Fsp3) is 0.300. The molecule has 1 saturated heterocycles. The van der Waals surface area contributed by atoms with Crippen LogP contribution in [0.15, 0.2) is 47.3 Å². The molecule has 1 saturated carbocycles. The second kappa shape index (κ2) is 6.84. The summed E-state index contributed by atoms with van der Waals surface area (Å²) < 4.78 is 2.43. The Morgan fingerprint density at radius 2 is 2.10 bits per heavy atom. The number of rotatable bonds is 4. The van der Waals surface area contributed by atoms with Gasteiger partial charge in [0.2, 0.25) is 11.8 Å². The number of aromatic nitrogens is 3. The molecular formula is C20H19BrN6O2. The lowest BCUT2D eigenvalue weighted by Gasteiger charge is -2.27. The molecule has 0 aromatic carbocycles. The molecule has 3 aromatic rings. The Hall–Kier alpha value is -2.94. The average molecular weight is 455 g/mol. The highest BCUT2D eigenvalue weighted by atomic mass is 79.9. The fourth-order valence-corrected chi connectivity index (χ4v) is 4.55. The Balaban J connectivity index is 1.35. The minimum Gasteiger partial charge on any atom is -0.398 e. The van der Waals surface area contributed by atoms with Crippen molar-refractivity contribution in [2.24, 2.45) is 5.92 Å². The molecular weight excluding hydrogens is 436 g/mol. The van der Waals surface area contributed by atoms with Crippen LogP contribution in [-0.2, 0) is 16.1 Å². The lowest BCUT2D eigenvalue weighted by Crippen LogP contribution is -2.46. The highest BCUT2D eigenvalue weighted by molar-refractivity contribution is 9.10. The molecule has 1 aliphatic carbocycles. The highest BCUT2D eigenvalue weighted by Crippen LogP contribution is 2.48. The number of halogens is 1. The van der Waals surface area contributed by atoms with Crippen molar-refractivity contribution in [2.45, 2.75) is 31.5 Å². The number of fused-ring (bicyclic) bond motifs is 2. The van der Waals surface area contributed by atoms with E-state index in [0.29, 0.717) is 34.1 Å². The number of likely N-dealkylation sites (tertiary alicyclic amines) is 1. The van der Waals surface area contributed by atoms with Gasteiger partial charge in [-0.15, -0.1) is 0 Å². The third kappa shape index (κ3) is 3.25. The topological polar surface area (TPSA) is 106 Å². The quantitative estimate of drug-likeness (QED) is 0.588. The maximum Gasteiger partial charge on any atom is 0.248 e. The summed E-state index contributed by atoms with van der Waals surface area (Å²) in [5.74, 6) is 0.587. The zero-order chi connectivity index (χ0) is 20.1. The van der Waals surface area contributed by atoms with Crippen LogP contribution in [0.5, 0.6) is 0 Å². The van der Waals surface area contributed by atoms with Gasteiger partial charge >= 0.3 is 0 Å². The van der Waals surface area contributed by atoms with Crippen LogP contribution in [0.4, 0.5) is 11.5 Å². The molecule has 5 rings (SSSR count). The molecule has 148 valence electrons. The Bertz CT molecular complexity index is 1130. The van der Waals surface area contributed by atoms with E-state index in [9.17, 15) is 9.59 Å². The molecule has 8 nitrogen and oxygen atoms in total. The molecule has 0 unspecified atom stereocenters. The van der Waals surface area contributed by atoms with E-state index in [1.807, 2.05) is 12.3 Å². The third-order valence-electron chi connectivity index (χ3n) is 5.66. The Morgan fingerprint density at radius 3 is 2.93 bits per heavy atom. The van der Waals surface area contributed by atoms with Crippen LogP contribution in [-0.4, -0.2) is 43.3 Å².